The number of nitrogens with zero attached hydrogens (tertiary/aromatic N) is 3. The van der Waals surface area contributed by atoms with Crippen molar-refractivity contribution in [2.24, 2.45) is 5.10 Å². The summed E-state index contributed by atoms with van der Waals surface area (Å²) in [5.41, 5.74) is 1.21. The van der Waals surface area contributed by atoms with Gasteiger partial charge in [-0.1, -0.05) is 12.1 Å². The zero-order valence-electron chi connectivity index (χ0n) is 13.7. The summed E-state index contributed by atoms with van der Waals surface area (Å²) in [5, 5.41) is 4.81. The monoisotopic (exact) mass is 323 g/mol. The highest BCUT2D eigenvalue weighted by Gasteiger charge is 2.06. The van der Waals surface area contributed by atoms with E-state index in [1.807, 2.05) is 18.2 Å². The molecule has 0 radical (unpaired) electrons. The Kier molecular flexibility index (Phi) is 4.29. The van der Waals surface area contributed by atoms with E-state index >= 15 is 0 Å². The molecular weight excluding hydrogens is 306 g/mol. The third-order valence-electron chi connectivity index (χ3n) is 3.61. The maximum Gasteiger partial charge on any atom is 0.282 e. The first kappa shape index (κ1) is 15.7. The van der Waals surface area contributed by atoms with Gasteiger partial charge < -0.3 is 9.47 Å². The van der Waals surface area contributed by atoms with Crippen molar-refractivity contribution in [3.8, 4) is 11.5 Å². The van der Waals surface area contributed by atoms with Gasteiger partial charge in [0.05, 0.1) is 31.3 Å². The van der Waals surface area contributed by atoms with Crippen molar-refractivity contribution in [1.82, 2.24) is 9.66 Å². The van der Waals surface area contributed by atoms with E-state index in [1.54, 1.807) is 51.6 Å². The van der Waals surface area contributed by atoms with Gasteiger partial charge in [0.25, 0.3) is 5.56 Å². The highest BCUT2D eigenvalue weighted by Crippen LogP contribution is 2.21. The Morgan fingerprint density at radius 2 is 1.75 bits per heavy atom. The molecular formula is C18H17N3O3. The average molecular weight is 323 g/mol. The molecule has 2 aromatic carbocycles. The fraction of sp³-hybridized carbons (Fsp3) is 0.167. The van der Waals surface area contributed by atoms with E-state index in [2.05, 4.69) is 10.1 Å². The second kappa shape index (κ2) is 6.54. The van der Waals surface area contributed by atoms with Crippen LogP contribution in [-0.4, -0.2) is 30.1 Å². The molecule has 0 saturated heterocycles. The number of rotatable bonds is 4. The van der Waals surface area contributed by atoms with Crippen molar-refractivity contribution in [1.29, 1.82) is 0 Å². The van der Waals surface area contributed by atoms with Gasteiger partial charge in [0.1, 0.15) is 17.3 Å². The Labute approximate surface area is 139 Å². The molecule has 0 fully saturated rings. The highest BCUT2D eigenvalue weighted by molar-refractivity contribution is 5.81. The maximum absolute atomic E-state index is 12.6. The lowest BCUT2D eigenvalue weighted by atomic mass is 10.2. The number of benzene rings is 2. The molecule has 1 aromatic heterocycles. The first-order valence-electron chi connectivity index (χ1n) is 7.38. The summed E-state index contributed by atoms with van der Waals surface area (Å²) in [7, 11) is 3.16. The molecule has 0 bridgehead atoms. The molecule has 122 valence electrons. The first-order valence-corrected chi connectivity index (χ1v) is 7.38. The predicted molar refractivity (Wildman–Crippen MR) is 93.3 cm³/mol. The van der Waals surface area contributed by atoms with E-state index in [1.165, 1.54) is 4.68 Å². The van der Waals surface area contributed by atoms with Gasteiger partial charge in [0, 0.05) is 11.6 Å². The molecule has 0 aliphatic carbocycles. The highest BCUT2D eigenvalue weighted by atomic mass is 16.5. The molecule has 0 N–H and O–H groups in total. The van der Waals surface area contributed by atoms with Crippen LogP contribution in [0.25, 0.3) is 10.9 Å². The summed E-state index contributed by atoms with van der Waals surface area (Å²) in [5.74, 6) is 1.82. The first-order chi connectivity index (χ1) is 11.6. The number of ether oxygens (including phenoxy) is 2. The molecule has 0 aliphatic rings. The van der Waals surface area contributed by atoms with Gasteiger partial charge in [-0.05, 0) is 31.2 Å². The van der Waals surface area contributed by atoms with E-state index in [0.29, 0.717) is 28.2 Å². The molecule has 0 aliphatic heterocycles. The molecule has 6 heteroatoms. The normalized spacial score (nSPS) is 11.1. The Balaban J connectivity index is 2.07. The van der Waals surface area contributed by atoms with Crippen molar-refractivity contribution in [3.05, 3.63) is 64.2 Å². The lowest BCUT2D eigenvalue weighted by molar-refractivity contribution is 0.394. The van der Waals surface area contributed by atoms with E-state index in [-0.39, 0.29) is 5.56 Å². The largest absolute Gasteiger partial charge is 0.497 e. The van der Waals surface area contributed by atoms with Crippen LogP contribution < -0.4 is 15.0 Å². The SMILES string of the molecule is COc1cc(C=Nn2c(C)nc3ccccc3c2=O)cc(OC)c1. The van der Waals surface area contributed by atoms with Gasteiger partial charge >= 0.3 is 0 Å². The second-order valence-corrected chi connectivity index (χ2v) is 5.18. The summed E-state index contributed by atoms with van der Waals surface area (Å²) < 4.78 is 11.7. The molecule has 24 heavy (non-hydrogen) atoms. The van der Waals surface area contributed by atoms with Crippen molar-refractivity contribution in [3.63, 3.8) is 0 Å². The Morgan fingerprint density at radius 3 is 2.42 bits per heavy atom. The van der Waals surface area contributed by atoms with Gasteiger partial charge in [0.15, 0.2) is 0 Å². The number of hydrogen-bond acceptors (Lipinski definition) is 5. The van der Waals surface area contributed by atoms with Gasteiger partial charge in [-0.2, -0.15) is 9.78 Å². The van der Waals surface area contributed by atoms with Crippen LogP contribution in [0.5, 0.6) is 11.5 Å². The van der Waals surface area contributed by atoms with E-state index in [9.17, 15) is 4.79 Å². The molecule has 0 spiro atoms. The predicted octanol–water partition coefficient (Wildman–Crippen LogP) is 2.60. The minimum absolute atomic E-state index is 0.204. The zero-order chi connectivity index (χ0) is 17.1. The number of hydrogen-bond donors (Lipinski definition) is 0. The van der Waals surface area contributed by atoms with Crippen LogP contribution in [0.4, 0.5) is 0 Å². The van der Waals surface area contributed by atoms with Crippen LogP contribution in [-0.2, 0) is 0 Å². The lowest BCUT2D eigenvalue weighted by Crippen LogP contribution is -2.20. The van der Waals surface area contributed by atoms with E-state index in [4.69, 9.17) is 9.47 Å². The van der Waals surface area contributed by atoms with Gasteiger partial charge in [-0.15, -0.1) is 0 Å². The standard InChI is InChI=1S/C18H17N3O3/c1-12-20-17-7-5-4-6-16(17)18(22)21(12)19-11-13-8-14(23-2)10-15(9-13)24-3/h4-11H,1-3H3. The minimum atomic E-state index is -0.204. The number of para-hydroxylation sites is 1. The molecule has 0 atom stereocenters. The smallest absolute Gasteiger partial charge is 0.282 e. The average Bonchev–Trinajstić information content (AvgIpc) is 2.61. The fourth-order valence-corrected chi connectivity index (χ4v) is 2.40. The Hall–Kier alpha value is -3.15. The number of methoxy groups -OCH3 is 2. The van der Waals surface area contributed by atoms with Crippen molar-refractivity contribution in [2.75, 3.05) is 14.2 Å². The third kappa shape index (κ3) is 2.99. The number of aryl methyl sites for hydroxylation is 1. The summed E-state index contributed by atoms with van der Waals surface area (Å²) in [6.07, 6.45) is 1.58. The van der Waals surface area contributed by atoms with Crippen LogP contribution in [0.15, 0.2) is 52.4 Å². The number of fused-ring (bicyclic) bond motifs is 1. The lowest BCUT2D eigenvalue weighted by Gasteiger charge is -2.07. The zero-order valence-corrected chi connectivity index (χ0v) is 13.7. The summed E-state index contributed by atoms with van der Waals surface area (Å²) >= 11 is 0. The van der Waals surface area contributed by atoms with Gasteiger partial charge in [-0.25, -0.2) is 4.98 Å². The second-order valence-electron chi connectivity index (χ2n) is 5.18. The molecule has 3 rings (SSSR count). The van der Waals surface area contributed by atoms with Crippen LogP contribution >= 0.6 is 0 Å². The Morgan fingerprint density at radius 1 is 1.08 bits per heavy atom. The Bertz CT molecular complexity index is 955. The van der Waals surface area contributed by atoms with Crippen molar-refractivity contribution >= 4 is 17.1 Å². The van der Waals surface area contributed by atoms with Crippen molar-refractivity contribution < 1.29 is 9.47 Å². The third-order valence-corrected chi connectivity index (χ3v) is 3.61. The van der Waals surface area contributed by atoms with Gasteiger partial charge in [0.2, 0.25) is 0 Å². The summed E-state index contributed by atoms with van der Waals surface area (Å²) in [6.45, 7) is 1.75. The van der Waals surface area contributed by atoms with E-state index in [0.717, 1.165) is 5.56 Å². The maximum atomic E-state index is 12.6. The number of aromatic nitrogens is 2. The topological polar surface area (TPSA) is 65.7 Å². The molecule has 0 saturated carbocycles. The minimum Gasteiger partial charge on any atom is -0.497 e. The van der Waals surface area contributed by atoms with Crippen LogP contribution in [0.2, 0.25) is 0 Å². The fourth-order valence-electron chi connectivity index (χ4n) is 2.40. The quantitative estimate of drug-likeness (QED) is 0.692. The summed E-state index contributed by atoms with van der Waals surface area (Å²) in [4.78, 5) is 17.0. The summed E-state index contributed by atoms with van der Waals surface area (Å²) in [6, 6.07) is 12.6. The molecule has 0 amide bonds. The van der Waals surface area contributed by atoms with Crippen molar-refractivity contribution in [2.45, 2.75) is 6.92 Å². The van der Waals surface area contributed by atoms with Crippen LogP contribution in [0.1, 0.15) is 11.4 Å². The van der Waals surface area contributed by atoms with Crippen LogP contribution in [0, 0.1) is 6.92 Å². The molecule has 3 aromatic rings. The molecule has 1 heterocycles. The molecule has 6 nitrogen and oxygen atoms in total. The van der Waals surface area contributed by atoms with Crippen LogP contribution in [0.3, 0.4) is 0 Å². The van der Waals surface area contributed by atoms with Gasteiger partial charge in [-0.3, -0.25) is 4.79 Å². The molecule has 0 unspecified atom stereocenters. The van der Waals surface area contributed by atoms with E-state index < -0.39 is 0 Å².